The van der Waals surface area contributed by atoms with Crippen LogP contribution in [0.2, 0.25) is 0 Å². The van der Waals surface area contributed by atoms with E-state index in [-0.39, 0.29) is 18.0 Å². The fraction of sp³-hybridized carbons (Fsp3) is 0.240. The van der Waals surface area contributed by atoms with Crippen LogP contribution >= 0.6 is 0 Å². The molecular weight excluding hydrogens is 473 g/mol. The molecule has 3 heterocycles. The monoisotopic (exact) mass is 496 g/mol. The quantitative estimate of drug-likeness (QED) is 0.380. The molecule has 0 aliphatic carbocycles. The van der Waals surface area contributed by atoms with Crippen LogP contribution in [0.25, 0.3) is 27.7 Å². The number of anilines is 1. The van der Waals surface area contributed by atoms with E-state index in [1.54, 1.807) is 23.5 Å². The Morgan fingerprint density at radius 3 is 2.58 bits per heavy atom. The summed E-state index contributed by atoms with van der Waals surface area (Å²) in [4.78, 5) is 28.9. The lowest BCUT2D eigenvalue weighted by atomic mass is 10.1. The Morgan fingerprint density at radius 1 is 1.11 bits per heavy atom. The molecule has 3 amide bonds. The van der Waals surface area contributed by atoms with E-state index in [0.29, 0.717) is 30.9 Å². The Labute approximate surface area is 204 Å². The number of carbonyl (C=O) groups excluding carboxylic acids is 2. The van der Waals surface area contributed by atoms with Crippen molar-refractivity contribution in [3.8, 4) is 16.8 Å². The Hall–Kier alpha value is -4.28. The third-order valence-electron chi connectivity index (χ3n) is 6.27. The molecule has 1 atom stereocenters. The Balaban J connectivity index is 1.31. The van der Waals surface area contributed by atoms with Crippen molar-refractivity contribution in [2.45, 2.75) is 25.6 Å². The average Bonchev–Trinajstić information content (AvgIpc) is 3.59. The van der Waals surface area contributed by atoms with Crippen molar-refractivity contribution >= 4 is 28.5 Å². The fourth-order valence-electron chi connectivity index (χ4n) is 4.33. The summed E-state index contributed by atoms with van der Waals surface area (Å²) in [6.07, 6.45) is 1.38. The third-order valence-corrected chi connectivity index (χ3v) is 6.27. The normalized spacial score (nSPS) is 15.9. The van der Waals surface area contributed by atoms with E-state index in [1.165, 1.54) is 23.7 Å². The van der Waals surface area contributed by atoms with Gasteiger partial charge in [0, 0.05) is 54.9 Å². The van der Waals surface area contributed by atoms with Gasteiger partial charge in [0.05, 0.1) is 23.1 Å². The van der Waals surface area contributed by atoms with E-state index in [1.807, 2.05) is 18.2 Å². The van der Waals surface area contributed by atoms with Gasteiger partial charge >= 0.3 is 12.2 Å². The summed E-state index contributed by atoms with van der Waals surface area (Å²) in [5.74, 6) is -0.00879. The molecule has 4 aromatic rings. The molecule has 1 saturated heterocycles. The van der Waals surface area contributed by atoms with E-state index >= 15 is 0 Å². The number of nitrogens with zero attached hydrogens (tertiary/aromatic N) is 3. The van der Waals surface area contributed by atoms with Crippen LogP contribution in [0.5, 0.6) is 0 Å². The molecule has 186 valence electrons. The Kier molecular flexibility index (Phi) is 5.91. The van der Waals surface area contributed by atoms with Gasteiger partial charge in [0.2, 0.25) is 5.91 Å². The highest BCUT2D eigenvalue weighted by Crippen LogP contribution is 2.31. The van der Waals surface area contributed by atoms with Crippen molar-refractivity contribution in [3.05, 3.63) is 66.6 Å². The molecule has 2 aromatic heterocycles. The van der Waals surface area contributed by atoms with Crippen LogP contribution in [0.15, 0.2) is 61.1 Å². The molecule has 0 bridgehead atoms. The van der Waals surface area contributed by atoms with E-state index in [4.69, 9.17) is 0 Å². The van der Waals surface area contributed by atoms with Crippen molar-refractivity contribution in [2.75, 3.05) is 18.4 Å². The number of likely N-dealkylation sites (tertiary alicyclic amines) is 1. The van der Waals surface area contributed by atoms with E-state index in [0.717, 1.165) is 34.2 Å². The lowest BCUT2D eigenvalue weighted by Crippen LogP contribution is -2.40. The zero-order valence-corrected chi connectivity index (χ0v) is 19.3. The fourth-order valence-corrected chi connectivity index (χ4v) is 4.33. The number of hydrogen-bond donors (Lipinski definition) is 3. The van der Waals surface area contributed by atoms with Crippen LogP contribution in [-0.2, 0) is 11.0 Å². The first-order valence-electron chi connectivity index (χ1n) is 11.3. The predicted molar refractivity (Wildman–Crippen MR) is 129 cm³/mol. The van der Waals surface area contributed by atoms with Gasteiger partial charge in [-0.1, -0.05) is 6.07 Å². The summed E-state index contributed by atoms with van der Waals surface area (Å²) in [7, 11) is 0. The average molecular weight is 496 g/mol. The molecule has 0 radical (unpaired) electrons. The first-order valence-corrected chi connectivity index (χ1v) is 11.3. The van der Waals surface area contributed by atoms with Gasteiger partial charge in [-0.15, -0.1) is 0 Å². The Morgan fingerprint density at radius 2 is 1.89 bits per heavy atom. The number of urea groups is 1. The number of benzene rings is 2. The van der Waals surface area contributed by atoms with Gasteiger partial charge in [0.25, 0.3) is 0 Å². The number of hydrogen-bond acceptors (Lipinski definition) is 3. The van der Waals surface area contributed by atoms with Gasteiger partial charge in [0.15, 0.2) is 0 Å². The van der Waals surface area contributed by atoms with Crippen LogP contribution in [0.4, 0.5) is 23.7 Å². The molecule has 0 saturated carbocycles. The molecule has 0 spiro atoms. The van der Waals surface area contributed by atoms with Crippen molar-refractivity contribution < 1.29 is 22.8 Å². The number of fused-ring (bicyclic) bond motifs is 1. The van der Waals surface area contributed by atoms with Gasteiger partial charge in [-0.2, -0.15) is 18.3 Å². The molecule has 36 heavy (non-hydrogen) atoms. The van der Waals surface area contributed by atoms with Gasteiger partial charge in [-0.05, 0) is 48.4 Å². The summed E-state index contributed by atoms with van der Waals surface area (Å²) in [5, 5.41) is 10.9. The number of rotatable bonds is 4. The second kappa shape index (κ2) is 9.06. The zero-order valence-electron chi connectivity index (χ0n) is 19.3. The molecule has 2 aromatic carbocycles. The van der Waals surface area contributed by atoms with Gasteiger partial charge in [-0.3, -0.25) is 4.79 Å². The molecule has 1 fully saturated rings. The summed E-state index contributed by atoms with van der Waals surface area (Å²) in [6, 6.07) is 10.0. The summed E-state index contributed by atoms with van der Waals surface area (Å²) < 4.78 is 40.0. The van der Waals surface area contributed by atoms with Crippen molar-refractivity contribution in [1.82, 2.24) is 25.0 Å². The molecular formula is C25H23F3N6O2. The maximum absolute atomic E-state index is 12.8. The van der Waals surface area contributed by atoms with Gasteiger partial charge in [-0.25, -0.2) is 9.48 Å². The first kappa shape index (κ1) is 23.5. The van der Waals surface area contributed by atoms with Crippen molar-refractivity contribution in [3.63, 3.8) is 0 Å². The van der Waals surface area contributed by atoms with Gasteiger partial charge in [0.1, 0.15) is 0 Å². The van der Waals surface area contributed by atoms with Crippen molar-refractivity contribution in [2.24, 2.45) is 0 Å². The molecule has 8 nitrogen and oxygen atoms in total. The number of nitrogens with one attached hydrogen (secondary N) is 3. The third kappa shape index (κ3) is 4.77. The minimum absolute atomic E-state index is 0.00879. The molecule has 1 unspecified atom stereocenters. The van der Waals surface area contributed by atoms with E-state index < -0.39 is 11.7 Å². The standard InChI is InChI=1S/C25H23F3N6O2/c1-15(35)33-9-8-19(14-33)31-24(36)32-23-12-29-22-7-2-16(10-21(22)23)17-11-30-34(13-17)20-5-3-18(4-6-20)25(26,27)28/h2-7,10-13,19,29H,8-9,14H2,1H3,(H2,31,32,36). The number of halogens is 3. The zero-order chi connectivity index (χ0) is 25.4. The molecule has 11 heteroatoms. The smallest absolute Gasteiger partial charge is 0.359 e. The minimum Gasteiger partial charge on any atom is -0.359 e. The second-order valence-corrected chi connectivity index (χ2v) is 8.73. The van der Waals surface area contributed by atoms with E-state index in [9.17, 15) is 22.8 Å². The Bertz CT molecular complexity index is 1420. The van der Waals surface area contributed by atoms with E-state index in [2.05, 4.69) is 20.7 Å². The maximum atomic E-state index is 12.8. The summed E-state index contributed by atoms with van der Waals surface area (Å²) in [6.45, 7) is 2.62. The van der Waals surface area contributed by atoms with Crippen LogP contribution in [-0.4, -0.2) is 50.7 Å². The number of amides is 3. The lowest BCUT2D eigenvalue weighted by molar-refractivity contribution is -0.137. The number of alkyl halides is 3. The van der Waals surface area contributed by atoms with Gasteiger partial charge < -0.3 is 20.5 Å². The second-order valence-electron chi connectivity index (χ2n) is 8.73. The highest BCUT2D eigenvalue weighted by atomic mass is 19.4. The highest BCUT2D eigenvalue weighted by molar-refractivity contribution is 6.02. The predicted octanol–water partition coefficient (Wildman–Crippen LogP) is 4.78. The largest absolute Gasteiger partial charge is 0.416 e. The molecule has 1 aliphatic rings. The summed E-state index contributed by atoms with van der Waals surface area (Å²) >= 11 is 0. The first-order chi connectivity index (χ1) is 17.2. The highest BCUT2D eigenvalue weighted by Gasteiger charge is 2.30. The van der Waals surface area contributed by atoms with Crippen LogP contribution in [0.1, 0.15) is 18.9 Å². The lowest BCUT2D eigenvalue weighted by Gasteiger charge is -2.15. The maximum Gasteiger partial charge on any atom is 0.416 e. The molecule has 1 aliphatic heterocycles. The number of aromatic amines is 1. The number of aromatic nitrogens is 3. The minimum atomic E-state index is -4.39. The van der Waals surface area contributed by atoms with Crippen LogP contribution in [0.3, 0.4) is 0 Å². The van der Waals surface area contributed by atoms with Crippen molar-refractivity contribution in [1.29, 1.82) is 0 Å². The van der Waals surface area contributed by atoms with Crippen LogP contribution in [0, 0.1) is 0 Å². The molecule has 3 N–H and O–H groups in total. The molecule has 5 rings (SSSR count). The SMILES string of the molecule is CC(=O)N1CCC(NC(=O)Nc2c[nH]c3ccc(-c4cnn(-c5ccc(C(F)(F)F)cc5)c4)cc23)C1. The number of carbonyl (C=O) groups is 2. The van der Waals surface area contributed by atoms with Crippen LogP contribution < -0.4 is 10.6 Å². The number of H-pyrrole nitrogens is 1. The topological polar surface area (TPSA) is 95.1 Å². The summed E-state index contributed by atoms with van der Waals surface area (Å²) in [5.41, 5.74) is 2.81.